The predicted octanol–water partition coefficient (Wildman–Crippen LogP) is 3.24. The molecule has 0 saturated carbocycles. The zero-order chi connectivity index (χ0) is 6.83. The fraction of sp³-hybridized carbons (Fsp3) is 0.750. The molecule has 0 rings (SSSR count). The van der Waals surface area contributed by atoms with Crippen molar-refractivity contribution < 1.29 is 0 Å². The van der Waals surface area contributed by atoms with Crippen molar-refractivity contribution in [3.63, 3.8) is 0 Å². The van der Waals surface area contributed by atoms with E-state index < -0.39 is 0 Å². The summed E-state index contributed by atoms with van der Waals surface area (Å²) in [7, 11) is 0. The molecule has 0 heteroatoms. The topological polar surface area (TPSA) is 0 Å². The molecule has 8 heavy (non-hydrogen) atoms. The quantitative estimate of drug-likeness (QED) is 0.517. The first kappa shape index (κ1) is 10.9. The zero-order valence-electron chi connectivity index (χ0n) is 6.24. The minimum absolute atomic E-state index is 1.07. The van der Waals surface area contributed by atoms with Crippen LogP contribution in [0.2, 0.25) is 0 Å². The molecule has 0 fully saturated rings. The fourth-order valence-electron chi connectivity index (χ4n) is 0. The van der Waals surface area contributed by atoms with Gasteiger partial charge < -0.3 is 0 Å². The maximum atomic E-state index is 3.60. The molecule has 0 atom stereocenters. The second-order valence-corrected chi connectivity index (χ2v) is 1.71. The van der Waals surface area contributed by atoms with Crippen LogP contribution in [0.25, 0.3) is 0 Å². The molecule has 0 N–H and O–H groups in total. The molecule has 0 spiro atoms. The monoisotopic (exact) mass is 114 g/mol. The van der Waals surface area contributed by atoms with Gasteiger partial charge in [0.2, 0.25) is 0 Å². The summed E-state index contributed by atoms with van der Waals surface area (Å²) in [4.78, 5) is 0. The Hall–Kier alpha value is 0. The second kappa shape index (κ2) is 15.8. The molecule has 0 unspecified atom stereocenters. The van der Waals surface area contributed by atoms with Gasteiger partial charge in [0.05, 0.1) is 0 Å². The molecule has 0 saturated heterocycles. The fourth-order valence-corrected chi connectivity index (χ4v) is 0. The van der Waals surface area contributed by atoms with Crippen molar-refractivity contribution in [2.45, 2.75) is 39.5 Å². The lowest BCUT2D eigenvalue weighted by Gasteiger charge is -1.67. The second-order valence-electron chi connectivity index (χ2n) is 1.71. The van der Waals surface area contributed by atoms with Crippen LogP contribution in [0, 0.1) is 13.8 Å². The van der Waals surface area contributed by atoms with E-state index in [1.165, 1.54) is 12.8 Å². The van der Waals surface area contributed by atoms with Crippen LogP contribution in [0.5, 0.6) is 0 Å². The summed E-state index contributed by atoms with van der Waals surface area (Å²) in [5, 5.41) is 0. The Bertz CT molecular complexity index is 8.00. The van der Waals surface area contributed by atoms with Crippen molar-refractivity contribution in [2.24, 2.45) is 0 Å². The van der Waals surface area contributed by atoms with Crippen LogP contribution < -0.4 is 0 Å². The van der Waals surface area contributed by atoms with Crippen molar-refractivity contribution in [3.05, 3.63) is 13.8 Å². The van der Waals surface area contributed by atoms with Crippen LogP contribution in [-0.4, -0.2) is 0 Å². The molecule has 50 valence electrons. The largest absolute Gasteiger partial charge is 0.0654 e. The number of rotatable bonds is 2. The van der Waals surface area contributed by atoms with Gasteiger partial charge in [-0.3, -0.25) is 0 Å². The van der Waals surface area contributed by atoms with Crippen LogP contribution in [0.1, 0.15) is 39.5 Å². The molecule has 0 aliphatic rings. The van der Waals surface area contributed by atoms with Gasteiger partial charge >= 0.3 is 0 Å². The lowest BCUT2D eigenvalue weighted by Crippen LogP contribution is -1.48. The van der Waals surface area contributed by atoms with E-state index in [2.05, 4.69) is 27.7 Å². The van der Waals surface area contributed by atoms with Crippen molar-refractivity contribution >= 4 is 0 Å². The molecule has 0 amide bonds. The van der Waals surface area contributed by atoms with Gasteiger partial charge in [0, 0.05) is 0 Å². The summed E-state index contributed by atoms with van der Waals surface area (Å²) < 4.78 is 0. The predicted molar refractivity (Wildman–Crippen MR) is 40.5 cm³/mol. The Labute approximate surface area is 54.3 Å². The summed E-state index contributed by atoms with van der Waals surface area (Å²) in [6, 6.07) is 0. The van der Waals surface area contributed by atoms with Crippen molar-refractivity contribution in [2.75, 3.05) is 0 Å². The number of hydrogen-bond donors (Lipinski definition) is 0. The molecular formula is C8H18. The maximum Gasteiger partial charge on any atom is -0.0533 e. The SMILES string of the molecule is [CH2]CCC.[CH2]CCC. The third-order valence-corrected chi connectivity index (χ3v) is 0.707. The molecule has 2 radical (unpaired) electrons. The minimum Gasteiger partial charge on any atom is -0.0654 e. The van der Waals surface area contributed by atoms with Crippen molar-refractivity contribution in [1.82, 2.24) is 0 Å². The Kier molecular flexibility index (Phi) is 21.4. The van der Waals surface area contributed by atoms with Crippen LogP contribution in [0.3, 0.4) is 0 Å². The first-order chi connectivity index (χ1) is 3.83. The zero-order valence-corrected chi connectivity index (χ0v) is 6.24. The van der Waals surface area contributed by atoms with Crippen LogP contribution >= 0.6 is 0 Å². The number of hydrogen-bond acceptors (Lipinski definition) is 0. The summed E-state index contributed by atoms with van der Waals surface area (Å²) in [6.45, 7) is 11.4. The highest BCUT2D eigenvalue weighted by molar-refractivity contribution is 4.29. The molecule has 0 aliphatic heterocycles. The van der Waals surface area contributed by atoms with Crippen LogP contribution in [0.15, 0.2) is 0 Å². The van der Waals surface area contributed by atoms with Crippen LogP contribution in [0.4, 0.5) is 0 Å². The van der Waals surface area contributed by atoms with Gasteiger partial charge in [-0.1, -0.05) is 53.4 Å². The number of unbranched alkanes of at least 4 members (excludes halogenated alkanes) is 2. The highest BCUT2D eigenvalue weighted by Gasteiger charge is 1.57. The van der Waals surface area contributed by atoms with Crippen molar-refractivity contribution in [3.8, 4) is 0 Å². The lowest BCUT2D eigenvalue weighted by atomic mass is 10.4. The Balaban J connectivity index is 0. The molecule has 0 aliphatic carbocycles. The van der Waals surface area contributed by atoms with E-state index in [-0.39, 0.29) is 0 Å². The molecule has 0 heterocycles. The molecular weight excluding hydrogens is 96.1 g/mol. The average Bonchev–Trinajstić information content (AvgIpc) is 1.88. The van der Waals surface area contributed by atoms with Crippen LogP contribution in [-0.2, 0) is 0 Å². The Morgan fingerprint density at radius 1 is 0.875 bits per heavy atom. The van der Waals surface area contributed by atoms with E-state index >= 15 is 0 Å². The Morgan fingerprint density at radius 3 is 1.00 bits per heavy atom. The van der Waals surface area contributed by atoms with E-state index in [0.717, 1.165) is 12.8 Å². The van der Waals surface area contributed by atoms with Gasteiger partial charge in [0.25, 0.3) is 0 Å². The first-order valence-electron chi connectivity index (χ1n) is 3.41. The summed E-state index contributed by atoms with van der Waals surface area (Å²) >= 11 is 0. The third kappa shape index (κ3) is 37.5. The smallest absolute Gasteiger partial charge is 0.0533 e. The molecule has 0 nitrogen and oxygen atoms in total. The lowest BCUT2D eigenvalue weighted by molar-refractivity contribution is 0.956. The van der Waals surface area contributed by atoms with Gasteiger partial charge in [-0.2, -0.15) is 0 Å². The third-order valence-electron chi connectivity index (χ3n) is 0.707. The maximum absolute atomic E-state index is 3.60. The van der Waals surface area contributed by atoms with E-state index in [0.29, 0.717) is 0 Å². The Morgan fingerprint density at radius 2 is 1.00 bits per heavy atom. The van der Waals surface area contributed by atoms with Gasteiger partial charge in [-0.05, 0) is 0 Å². The minimum atomic E-state index is 1.07. The molecule has 0 bridgehead atoms. The first-order valence-corrected chi connectivity index (χ1v) is 3.41. The summed E-state index contributed by atoms with van der Waals surface area (Å²) in [5.74, 6) is 0. The van der Waals surface area contributed by atoms with E-state index in [9.17, 15) is 0 Å². The van der Waals surface area contributed by atoms with E-state index in [1.54, 1.807) is 0 Å². The molecule has 0 aromatic rings. The summed E-state index contributed by atoms with van der Waals surface area (Å²) in [6.07, 6.45) is 4.56. The van der Waals surface area contributed by atoms with Crippen molar-refractivity contribution in [1.29, 1.82) is 0 Å². The highest BCUT2D eigenvalue weighted by atomic mass is 13.6. The van der Waals surface area contributed by atoms with Gasteiger partial charge in [0.1, 0.15) is 0 Å². The molecule has 0 aromatic carbocycles. The average molecular weight is 114 g/mol. The summed E-state index contributed by atoms with van der Waals surface area (Å²) in [5.41, 5.74) is 0. The standard InChI is InChI=1S/2C4H9/c2*1-3-4-2/h2*1,3-4H2,2H3. The normalized spacial score (nSPS) is 7.50. The van der Waals surface area contributed by atoms with E-state index in [1.807, 2.05) is 0 Å². The van der Waals surface area contributed by atoms with Gasteiger partial charge in [0.15, 0.2) is 0 Å². The molecule has 0 aromatic heterocycles. The highest BCUT2D eigenvalue weighted by Crippen LogP contribution is 1.76. The van der Waals surface area contributed by atoms with E-state index in [4.69, 9.17) is 0 Å². The van der Waals surface area contributed by atoms with Gasteiger partial charge in [-0.15, -0.1) is 0 Å². The van der Waals surface area contributed by atoms with Gasteiger partial charge in [-0.25, -0.2) is 0 Å².